The van der Waals surface area contributed by atoms with Crippen LogP contribution in [0.1, 0.15) is 21.5 Å². The third-order valence-electron chi connectivity index (χ3n) is 3.50. The van der Waals surface area contributed by atoms with E-state index < -0.39 is 0 Å². The van der Waals surface area contributed by atoms with Crippen LogP contribution in [0.4, 0.5) is 0 Å². The number of carbonyl (C=O) groups is 1. The summed E-state index contributed by atoms with van der Waals surface area (Å²) in [6.45, 7) is 2.48. The molecule has 0 radical (unpaired) electrons. The lowest BCUT2D eigenvalue weighted by molar-refractivity contribution is 0.111. The molecule has 0 fully saturated rings. The molecular formula is C17H15BrO3. The largest absolute Gasteiger partial charge is 0.488 e. The second kappa shape index (κ2) is 5.90. The SMILES string of the molecule is Cc1ccc2c(c1)CC(COc1c(Br)cccc1C=O)O2. The number of aryl methyl sites for hydroxylation is 1. The predicted molar refractivity (Wildman–Crippen MR) is 84.3 cm³/mol. The van der Waals surface area contributed by atoms with E-state index in [0.717, 1.165) is 22.9 Å². The molecule has 21 heavy (non-hydrogen) atoms. The molecule has 1 atom stereocenters. The van der Waals surface area contributed by atoms with Crippen molar-refractivity contribution in [1.82, 2.24) is 0 Å². The van der Waals surface area contributed by atoms with Gasteiger partial charge in [-0.2, -0.15) is 0 Å². The maximum atomic E-state index is 11.1. The van der Waals surface area contributed by atoms with Crippen molar-refractivity contribution in [1.29, 1.82) is 0 Å². The van der Waals surface area contributed by atoms with E-state index in [-0.39, 0.29) is 6.10 Å². The van der Waals surface area contributed by atoms with Crippen molar-refractivity contribution in [3.05, 3.63) is 57.6 Å². The third-order valence-corrected chi connectivity index (χ3v) is 4.12. The smallest absolute Gasteiger partial charge is 0.153 e. The molecule has 108 valence electrons. The molecule has 0 bridgehead atoms. The monoisotopic (exact) mass is 346 g/mol. The minimum atomic E-state index is -0.0200. The summed E-state index contributed by atoms with van der Waals surface area (Å²) in [7, 11) is 0. The van der Waals surface area contributed by atoms with E-state index in [1.807, 2.05) is 24.3 Å². The van der Waals surface area contributed by atoms with Gasteiger partial charge in [0.2, 0.25) is 0 Å². The summed E-state index contributed by atoms with van der Waals surface area (Å²) in [5.74, 6) is 1.50. The zero-order valence-electron chi connectivity index (χ0n) is 11.6. The topological polar surface area (TPSA) is 35.5 Å². The second-order valence-corrected chi connectivity index (χ2v) is 6.00. The van der Waals surface area contributed by atoms with Gasteiger partial charge in [-0.05, 0) is 46.6 Å². The first-order valence-electron chi connectivity index (χ1n) is 6.80. The number of rotatable bonds is 4. The van der Waals surface area contributed by atoms with Gasteiger partial charge in [-0.25, -0.2) is 0 Å². The van der Waals surface area contributed by atoms with Gasteiger partial charge in [-0.3, -0.25) is 4.79 Å². The molecule has 0 amide bonds. The van der Waals surface area contributed by atoms with Gasteiger partial charge in [0.15, 0.2) is 6.29 Å². The molecule has 1 aliphatic heterocycles. The molecule has 1 aliphatic rings. The Morgan fingerprint density at radius 2 is 2.24 bits per heavy atom. The van der Waals surface area contributed by atoms with Gasteiger partial charge >= 0.3 is 0 Å². The first-order chi connectivity index (χ1) is 10.2. The molecule has 0 aliphatic carbocycles. The summed E-state index contributed by atoms with van der Waals surface area (Å²) in [6.07, 6.45) is 1.61. The zero-order valence-corrected chi connectivity index (χ0v) is 13.2. The van der Waals surface area contributed by atoms with Crippen LogP contribution in [0.3, 0.4) is 0 Å². The zero-order chi connectivity index (χ0) is 14.8. The molecular weight excluding hydrogens is 332 g/mol. The standard InChI is InChI=1S/C17H15BrO3/c1-11-5-6-16-13(7-11)8-14(21-16)10-20-17-12(9-19)3-2-4-15(17)18/h2-7,9,14H,8,10H2,1H3. The van der Waals surface area contributed by atoms with Crippen LogP contribution in [-0.4, -0.2) is 19.0 Å². The fraction of sp³-hybridized carbons (Fsp3) is 0.235. The maximum absolute atomic E-state index is 11.1. The number of carbonyl (C=O) groups excluding carboxylic acids is 1. The van der Waals surface area contributed by atoms with Crippen molar-refractivity contribution >= 4 is 22.2 Å². The Hall–Kier alpha value is -1.81. The van der Waals surface area contributed by atoms with Gasteiger partial charge < -0.3 is 9.47 Å². The quantitative estimate of drug-likeness (QED) is 0.786. The summed E-state index contributed by atoms with van der Waals surface area (Å²) in [4.78, 5) is 11.1. The van der Waals surface area contributed by atoms with Crippen molar-refractivity contribution in [2.45, 2.75) is 19.4 Å². The molecule has 3 rings (SSSR count). The highest BCUT2D eigenvalue weighted by Gasteiger charge is 2.24. The van der Waals surface area contributed by atoms with Gasteiger partial charge in [0.05, 0.1) is 10.0 Å². The number of halogens is 1. The number of hydrogen-bond acceptors (Lipinski definition) is 3. The molecule has 3 nitrogen and oxygen atoms in total. The van der Waals surface area contributed by atoms with Crippen LogP contribution in [0.5, 0.6) is 11.5 Å². The van der Waals surface area contributed by atoms with Crippen molar-refractivity contribution < 1.29 is 14.3 Å². The number of hydrogen-bond donors (Lipinski definition) is 0. The number of ether oxygens (including phenoxy) is 2. The van der Waals surface area contributed by atoms with Gasteiger partial charge in [0.1, 0.15) is 24.2 Å². The summed E-state index contributed by atoms with van der Waals surface area (Å²) < 4.78 is 12.4. The summed E-state index contributed by atoms with van der Waals surface area (Å²) in [5, 5.41) is 0. The van der Waals surface area contributed by atoms with E-state index in [1.54, 1.807) is 6.07 Å². The number of fused-ring (bicyclic) bond motifs is 1. The van der Waals surface area contributed by atoms with Gasteiger partial charge in [0, 0.05) is 6.42 Å². The van der Waals surface area contributed by atoms with Crippen molar-refractivity contribution in [3.63, 3.8) is 0 Å². The summed E-state index contributed by atoms with van der Waals surface area (Å²) in [5.41, 5.74) is 2.98. The van der Waals surface area contributed by atoms with Gasteiger partial charge in [-0.15, -0.1) is 0 Å². The molecule has 0 saturated carbocycles. The number of aldehydes is 1. The maximum Gasteiger partial charge on any atom is 0.153 e. The van der Waals surface area contributed by atoms with Gasteiger partial charge in [0.25, 0.3) is 0 Å². The van der Waals surface area contributed by atoms with Crippen molar-refractivity contribution in [2.75, 3.05) is 6.61 Å². The lowest BCUT2D eigenvalue weighted by atomic mass is 10.1. The molecule has 0 aromatic heterocycles. The molecule has 0 N–H and O–H groups in total. The molecule has 1 unspecified atom stereocenters. The van der Waals surface area contributed by atoms with E-state index in [0.29, 0.717) is 17.9 Å². The van der Waals surface area contributed by atoms with Crippen LogP contribution in [0, 0.1) is 6.92 Å². The highest BCUT2D eigenvalue weighted by Crippen LogP contribution is 2.32. The average molecular weight is 347 g/mol. The van der Waals surface area contributed by atoms with Crippen LogP contribution in [0.2, 0.25) is 0 Å². The minimum Gasteiger partial charge on any atom is -0.488 e. The molecule has 2 aromatic carbocycles. The average Bonchev–Trinajstić information content (AvgIpc) is 2.87. The first kappa shape index (κ1) is 14.1. The highest BCUT2D eigenvalue weighted by atomic mass is 79.9. The Labute approximate surface area is 132 Å². The van der Waals surface area contributed by atoms with Crippen LogP contribution < -0.4 is 9.47 Å². The van der Waals surface area contributed by atoms with Crippen LogP contribution in [-0.2, 0) is 6.42 Å². The first-order valence-corrected chi connectivity index (χ1v) is 7.59. The van der Waals surface area contributed by atoms with Crippen molar-refractivity contribution in [2.24, 2.45) is 0 Å². The Morgan fingerprint density at radius 1 is 1.38 bits per heavy atom. The van der Waals surface area contributed by atoms with E-state index in [1.165, 1.54) is 11.1 Å². The molecule has 0 spiro atoms. The summed E-state index contributed by atoms with van der Waals surface area (Å²) in [6, 6.07) is 11.6. The molecule has 2 aromatic rings. The fourth-order valence-corrected chi connectivity index (χ4v) is 2.99. The molecule has 1 heterocycles. The van der Waals surface area contributed by atoms with E-state index in [9.17, 15) is 4.79 Å². The predicted octanol–water partition coefficient (Wildman–Crippen LogP) is 3.95. The van der Waals surface area contributed by atoms with E-state index in [2.05, 4.69) is 28.9 Å². The van der Waals surface area contributed by atoms with Crippen LogP contribution in [0.15, 0.2) is 40.9 Å². The second-order valence-electron chi connectivity index (χ2n) is 5.14. The summed E-state index contributed by atoms with van der Waals surface area (Å²) >= 11 is 3.41. The van der Waals surface area contributed by atoms with Crippen molar-refractivity contribution in [3.8, 4) is 11.5 Å². The lowest BCUT2D eigenvalue weighted by Crippen LogP contribution is -2.22. The fourth-order valence-electron chi connectivity index (χ4n) is 2.49. The van der Waals surface area contributed by atoms with Crippen LogP contribution >= 0.6 is 15.9 Å². The third kappa shape index (κ3) is 2.95. The minimum absolute atomic E-state index is 0.0200. The Balaban J connectivity index is 1.69. The highest BCUT2D eigenvalue weighted by molar-refractivity contribution is 9.10. The van der Waals surface area contributed by atoms with E-state index in [4.69, 9.17) is 9.47 Å². The Bertz CT molecular complexity index is 682. The molecule has 4 heteroatoms. The normalized spacial score (nSPS) is 16.2. The van der Waals surface area contributed by atoms with E-state index >= 15 is 0 Å². The lowest BCUT2D eigenvalue weighted by Gasteiger charge is -2.14. The molecule has 0 saturated heterocycles. The Morgan fingerprint density at radius 3 is 3.05 bits per heavy atom. The van der Waals surface area contributed by atoms with Crippen LogP contribution in [0.25, 0.3) is 0 Å². The Kier molecular flexibility index (Phi) is 3.97. The number of para-hydroxylation sites is 1. The van der Waals surface area contributed by atoms with Gasteiger partial charge in [-0.1, -0.05) is 23.8 Å². The number of benzene rings is 2.